The van der Waals surface area contributed by atoms with Crippen LogP contribution in [-0.4, -0.2) is 59.0 Å². The molecule has 160 valence electrons. The minimum Gasteiger partial charge on any atom is -0.535 e. The molecule has 0 saturated carbocycles. The Morgan fingerprint density at radius 1 is 1.29 bits per heavy atom. The minimum atomic E-state index is -1.17. The number of nitrogens with one attached hydrogen (secondary N) is 1. The fraction of sp³-hybridized carbons (Fsp3) is 0.286. The quantitative estimate of drug-likeness (QED) is 0.328. The largest absolute Gasteiger partial charge is 0.535 e. The number of hydrogen-bond donors (Lipinski definition) is 4. The Morgan fingerprint density at radius 2 is 2.00 bits per heavy atom. The van der Waals surface area contributed by atoms with Gasteiger partial charge in [0.25, 0.3) is 0 Å². The van der Waals surface area contributed by atoms with E-state index in [9.17, 15) is 14.9 Å². The van der Waals surface area contributed by atoms with E-state index in [4.69, 9.17) is 20.5 Å². The maximum atomic E-state index is 11.8. The lowest BCUT2D eigenvalue weighted by Crippen LogP contribution is -2.56. The highest BCUT2D eigenvalue weighted by Crippen LogP contribution is 2.37. The fourth-order valence-electron chi connectivity index (χ4n) is 3.67. The van der Waals surface area contributed by atoms with Gasteiger partial charge >= 0.3 is 13.1 Å². The van der Waals surface area contributed by atoms with Crippen molar-refractivity contribution in [3.63, 3.8) is 0 Å². The van der Waals surface area contributed by atoms with Crippen LogP contribution in [0.2, 0.25) is 6.32 Å². The van der Waals surface area contributed by atoms with Crippen LogP contribution in [0.5, 0.6) is 11.5 Å². The molecule has 0 amide bonds. The Hall–Kier alpha value is -3.53. The van der Waals surface area contributed by atoms with Gasteiger partial charge in [0, 0.05) is 5.56 Å². The van der Waals surface area contributed by atoms with Crippen LogP contribution >= 0.6 is 0 Å². The number of likely N-dealkylation sites (tertiary alicyclic amines) is 1. The van der Waals surface area contributed by atoms with Crippen molar-refractivity contribution >= 4 is 30.4 Å². The average molecular weight is 422 g/mol. The van der Waals surface area contributed by atoms with Crippen molar-refractivity contribution in [2.45, 2.75) is 25.8 Å². The number of benzene rings is 2. The van der Waals surface area contributed by atoms with Gasteiger partial charge in [0.1, 0.15) is 29.0 Å². The molecule has 2 aromatic carbocycles. The molecule has 10 heteroatoms. The molecule has 0 aromatic heterocycles. The van der Waals surface area contributed by atoms with E-state index in [0.717, 1.165) is 16.8 Å². The standard InChI is InChI=1S/C21H23BN4O5/c1-12(23)25-15-5-2-14(3-6-15)20(24)26-10-16(11-26)30-17-7-4-13-8-9-22(29)31-19(13)18(17)21(27)28/h2-7,16,24,29H,8-11H2,1H3,(H2,23,25)(H,27,28). The number of nitrogens with two attached hydrogens (primary N) is 1. The van der Waals surface area contributed by atoms with E-state index in [2.05, 4.69) is 4.99 Å². The second-order valence-electron chi connectivity index (χ2n) is 7.64. The lowest BCUT2D eigenvalue weighted by molar-refractivity contribution is 0.0597. The van der Waals surface area contributed by atoms with Gasteiger partial charge in [-0.3, -0.25) is 5.41 Å². The molecule has 2 aliphatic rings. The van der Waals surface area contributed by atoms with Crippen LogP contribution in [0.25, 0.3) is 0 Å². The zero-order chi connectivity index (χ0) is 22.1. The highest BCUT2D eigenvalue weighted by atomic mass is 16.5. The van der Waals surface area contributed by atoms with E-state index in [1.807, 2.05) is 17.0 Å². The predicted molar refractivity (Wildman–Crippen MR) is 117 cm³/mol. The van der Waals surface area contributed by atoms with Crippen LogP contribution in [-0.2, 0) is 6.42 Å². The summed E-state index contributed by atoms with van der Waals surface area (Å²) >= 11 is 0. The molecule has 2 heterocycles. The molecule has 0 bridgehead atoms. The highest BCUT2D eigenvalue weighted by molar-refractivity contribution is 6.44. The third kappa shape index (κ3) is 4.34. The number of carbonyl (C=O) groups is 1. The Balaban J connectivity index is 1.42. The molecule has 0 spiro atoms. The van der Waals surface area contributed by atoms with E-state index in [0.29, 0.717) is 37.5 Å². The zero-order valence-corrected chi connectivity index (χ0v) is 17.0. The van der Waals surface area contributed by atoms with Crippen LogP contribution in [0.3, 0.4) is 0 Å². The number of fused-ring (bicyclic) bond motifs is 1. The summed E-state index contributed by atoms with van der Waals surface area (Å²) in [6.07, 6.45) is 0.708. The molecule has 1 saturated heterocycles. The second-order valence-corrected chi connectivity index (χ2v) is 7.64. The molecular formula is C21H23BN4O5. The number of carboxylic acid groups (broad SMARTS) is 1. The molecule has 1 fully saturated rings. The SMILES string of the molecule is CC(N)=Nc1ccc(C(=N)N2CC(Oc3ccc4c(c3C(=O)O)OB(O)CC4)C2)cc1. The minimum absolute atomic E-state index is 0.0730. The Bertz CT molecular complexity index is 1050. The molecule has 2 aromatic rings. The van der Waals surface area contributed by atoms with E-state index < -0.39 is 13.1 Å². The van der Waals surface area contributed by atoms with Gasteiger partial charge in [0.05, 0.1) is 24.6 Å². The first-order valence-corrected chi connectivity index (χ1v) is 9.97. The Labute approximate surface area is 179 Å². The van der Waals surface area contributed by atoms with Crippen LogP contribution < -0.4 is 15.1 Å². The average Bonchev–Trinajstić information content (AvgIpc) is 2.69. The topological polar surface area (TPSA) is 141 Å². The zero-order valence-electron chi connectivity index (χ0n) is 17.0. The van der Waals surface area contributed by atoms with Gasteiger partial charge in [0.15, 0.2) is 0 Å². The summed E-state index contributed by atoms with van der Waals surface area (Å²) in [5.74, 6) is 0.0305. The first kappa shape index (κ1) is 20.7. The number of hydrogen-bond acceptors (Lipinski definition) is 6. The summed E-state index contributed by atoms with van der Waals surface area (Å²) in [5, 5.41) is 27.8. The van der Waals surface area contributed by atoms with Crippen molar-refractivity contribution in [3.8, 4) is 11.5 Å². The van der Waals surface area contributed by atoms with Gasteiger partial charge < -0.3 is 30.2 Å². The number of ether oxygens (including phenoxy) is 1. The van der Waals surface area contributed by atoms with Crippen LogP contribution in [0, 0.1) is 5.41 Å². The molecular weight excluding hydrogens is 399 g/mol. The number of nitrogens with zero attached hydrogens (tertiary/aromatic N) is 2. The first-order chi connectivity index (χ1) is 14.8. The fourth-order valence-corrected chi connectivity index (χ4v) is 3.67. The smallest absolute Gasteiger partial charge is 0.522 e. The summed E-state index contributed by atoms with van der Waals surface area (Å²) in [7, 11) is -1.02. The molecule has 0 atom stereocenters. The number of aliphatic imine (C=N–C) groups is 1. The highest BCUT2D eigenvalue weighted by Gasteiger charge is 2.34. The van der Waals surface area contributed by atoms with Crippen molar-refractivity contribution in [2.24, 2.45) is 10.7 Å². The lowest BCUT2D eigenvalue weighted by Gasteiger charge is -2.41. The summed E-state index contributed by atoms with van der Waals surface area (Å²) in [5.41, 5.74) is 7.72. The molecule has 2 aliphatic heterocycles. The number of aryl methyl sites for hydroxylation is 1. The maximum Gasteiger partial charge on any atom is 0.522 e. The van der Waals surface area contributed by atoms with Gasteiger partial charge in [-0.25, -0.2) is 9.79 Å². The van der Waals surface area contributed by atoms with Crippen LogP contribution in [0.4, 0.5) is 5.69 Å². The van der Waals surface area contributed by atoms with Crippen molar-refractivity contribution in [1.82, 2.24) is 4.90 Å². The van der Waals surface area contributed by atoms with E-state index in [1.165, 1.54) is 0 Å². The summed E-state index contributed by atoms with van der Waals surface area (Å²) < 4.78 is 11.3. The third-order valence-electron chi connectivity index (χ3n) is 5.23. The summed E-state index contributed by atoms with van der Waals surface area (Å²) in [6, 6.07) is 10.6. The number of carboxylic acids is 1. The maximum absolute atomic E-state index is 11.8. The molecule has 4 rings (SSSR count). The summed E-state index contributed by atoms with van der Waals surface area (Å²) in [6.45, 7) is 2.63. The summed E-state index contributed by atoms with van der Waals surface area (Å²) in [4.78, 5) is 17.9. The van der Waals surface area contributed by atoms with Crippen molar-refractivity contribution in [2.75, 3.05) is 13.1 Å². The first-order valence-electron chi connectivity index (χ1n) is 9.97. The number of rotatable bonds is 5. The molecule has 9 nitrogen and oxygen atoms in total. The van der Waals surface area contributed by atoms with E-state index >= 15 is 0 Å². The van der Waals surface area contributed by atoms with Gasteiger partial charge in [-0.05, 0) is 55.6 Å². The van der Waals surface area contributed by atoms with Gasteiger partial charge in [-0.15, -0.1) is 0 Å². The number of aromatic carboxylic acids is 1. The second kappa shape index (κ2) is 8.31. The normalized spacial score (nSPS) is 16.3. The van der Waals surface area contributed by atoms with Gasteiger partial charge in [0.2, 0.25) is 0 Å². The van der Waals surface area contributed by atoms with Gasteiger partial charge in [-0.2, -0.15) is 0 Å². The predicted octanol–water partition coefficient (Wildman–Crippen LogP) is 1.90. The monoisotopic (exact) mass is 422 g/mol. The lowest BCUT2D eigenvalue weighted by atomic mass is 9.78. The van der Waals surface area contributed by atoms with Crippen LogP contribution in [0.15, 0.2) is 41.4 Å². The van der Waals surface area contributed by atoms with Crippen molar-refractivity contribution < 1.29 is 24.3 Å². The molecule has 0 aliphatic carbocycles. The van der Waals surface area contributed by atoms with Crippen molar-refractivity contribution in [1.29, 1.82) is 5.41 Å². The third-order valence-corrected chi connectivity index (χ3v) is 5.23. The molecule has 0 unspecified atom stereocenters. The van der Waals surface area contributed by atoms with Crippen molar-refractivity contribution in [3.05, 3.63) is 53.1 Å². The van der Waals surface area contributed by atoms with Crippen LogP contribution in [0.1, 0.15) is 28.4 Å². The Morgan fingerprint density at radius 3 is 2.65 bits per heavy atom. The van der Waals surface area contributed by atoms with E-state index in [1.54, 1.807) is 31.2 Å². The molecule has 0 radical (unpaired) electrons. The molecule has 5 N–H and O–H groups in total. The number of amidine groups is 2. The Kier molecular flexibility index (Phi) is 5.56. The van der Waals surface area contributed by atoms with E-state index in [-0.39, 0.29) is 23.2 Å². The van der Waals surface area contributed by atoms with Gasteiger partial charge in [-0.1, -0.05) is 6.07 Å². The molecule has 31 heavy (non-hydrogen) atoms.